The summed E-state index contributed by atoms with van der Waals surface area (Å²) in [6.07, 6.45) is 1.35. The number of halogens is 2. The molecule has 3 aromatic rings. The molecule has 1 N–H and O–H groups in total. The van der Waals surface area contributed by atoms with Crippen LogP contribution in [0.3, 0.4) is 0 Å². The van der Waals surface area contributed by atoms with Gasteiger partial charge in [0.25, 0.3) is 5.56 Å². The minimum absolute atomic E-state index is 0.111. The molecule has 1 heterocycles. The predicted molar refractivity (Wildman–Crippen MR) is 93.8 cm³/mol. The van der Waals surface area contributed by atoms with Gasteiger partial charge in [-0.1, -0.05) is 27.5 Å². The van der Waals surface area contributed by atoms with Crippen LogP contribution in [0.1, 0.15) is 0 Å². The van der Waals surface area contributed by atoms with E-state index in [1.165, 1.54) is 10.9 Å². The van der Waals surface area contributed by atoms with Crippen molar-refractivity contribution >= 4 is 50.0 Å². The van der Waals surface area contributed by atoms with Crippen LogP contribution in [0, 0.1) is 0 Å². The Labute approximate surface area is 145 Å². The Morgan fingerprint density at radius 2 is 1.96 bits per heavy atom. The first-order chi connectivity index (χ1) is 11.0. The third-order valence-electron chi connectivity index (χ3n) is 3.23. The van der Waals surface area contributed by atoms with Crippen molar-refractivity contribution in [3.8, 4) is 0 Å². The first kappa shape index (κ1) is 15.7. The molecule has 5 nitrogen and oxygen atoms in total. The summed E-state index contributed by atoms with van der Waals surface area (Å²) in [5.74, 6) is -0.301. The lowest BCUT2D eigenvalue weighted by Crippen LogP contribution is -2.27. The first-order valence-corrected chi connectivity index (χ1v) is 7.90. The number of hydrogen-bond acceptors (Lipinski definition) is 3. The van der Waals surface area contributed by atoms with Crippen molar-refractivity contribution in [1.82, 2.24) is 9.55 Å². The number of nitrogens with zero attached hydrogens (tertiary/aromatic N) is 2. The lowest BCUT2D eigenvalue weighted by molar-refractivity contribution is -0.116. The van der Waals surface area contributed by atoms with Crippen LogP contribution in [0.25, 0.3) is 10.9 Å². The number of aromatic nitrogens is 2. The van der Waals surface area contributed by atoms with Crippen molar-refractivity contribution in [2.24, 2.45) is 0 Å². The number of anilines is 1. The highest BCUT2D eigenvalue weighted by atomic mass is 79.9. The maximum absolute atomic E-state index is 12.4. The Morgan fingerprint density at radius 1 is 1.22 bits per heavy atom. The number of carbonyl (C=O) groups excluding carboxylic acids is 1. The van der Waals surface area contributed by atoms with Crippen molar-refractivity contribution in [1.29, 1.82) is 0 Å². The second kappa shape index (κ2) is 6.52. The molecule has 0 bridgehead atoms. The Morgan fingerprint density at radius 3 is 2.70 bits per heavy atom. The van der Waals surface area contributed by atoms with E-state index in [-0.39, 0.29) is 18.0 Å². The predicted octanol–water partition coefficient (Wildman–Crippen LogP) is 3.45. The molecular formula is C16H11BrClN3O2. The summed E-state index contributed by atoms with van der Waals surface area (Å²) in [4.78, 5) is 28.6. The van der Waals surface area contributed by atoms with Crippen molar-refractivity contribution in [3.05, 3.63) is 68.6 Å². The molecule has 0 radical (unpaired) electrons. The van der Waals surface area contributed by atoms with Crippen LogP contribution in [0.4, 0.5) is 5.69 Å². The minimum Gasteiger partial charge on any atom is -0.325 e. The Hall–Kier alpha value is -2.18. The highest BCUT2D eigenvalue weighted by molar-refractivity contribution is 9.10. The maximum atomic E-state index is 12.4. The van der Waals surface area contributed by atoms with E-state index in [1.807, 2.05) is 12.1 Å². The molecule has 0 unspecified atom stereocenters. The highest BCUT2D eigenvalue weighted by Gasteiger charge is 2.09. The molecule has 0 saturated heterocycles. The molecule has 0 aliphatic heterocycles. The van der Waals surface area contributed by atoms with E-state index < -0.39 is 0 Å². The smallest absolute Gasteiger partial charge is 0.261 e. The quantitative estimate of drug-likeness (QED) is 0.742. The molecule has 0 spiro atoms. The van der Waals surface area contributed by atoms with Gasteiger partial charge in [-0.05, 0) is 42.5 Å². The summed E-state index contributed by atoms with van der Waals surface area (Å²) in [6.45, 7) is -0.111. The number of rotatable bonds is 3. The van der Waals surface area contributed by atoms with Crippen LogP contribution in [0.15, 0.2) is 58.1 Å². The lowest BCUT2D eigenvalue weighted by Gasteiger charge is -2.08. The number of fused-ring (bicyclic) bond motifs is 1. The topological polar surface area (TPSA) is 64.0 Å². The Bertz CT molecular complexity index is 938. The molecule has 2 aromatic carbocycles. The fourth-order valence-electron chi connectivity index (χ4n) is 2.13. The SMILES string of the molecule is O=C(Cn1cnc2cc(Cl)ccc2c1=O)Nc1ccc(Br)cc1. The molecule has 0 atom stereocenters. The molecule has 0 aliphatic rings. The van der Waals surface area contributed by atoms with Crippen molar-refractivity contribution in [2.75, 3.05) is 5.32 Å². The number of carbonyl (C=O) groups is 1. The van der Waals surface area contributed by atoms with Crippen LogP contribution in [0.2, 0.25) is 5.02 Å². The van der Waals surface area contributed by atoms with Gasteiger partial charge in [-0.2, -0.15) is 0 Å². The molecule has 0 fully saturated rings. The first-order valence-electron chi connectivity index (χ1n) is 6.73. The van der Waals surface area contributed by atoms with Crippen LogP contribution in [-0.2, 0) is 11.3 Å². The summed E-state index contributed by atoms with van der Waals surface area (Å²) in [5, 5.41) is 3.67. The Balaban J connectivity index is 1.82. The number of nitrogens with one attached hydrogen (secondary N) is 1. The summed E-state index contributed by atoms with van der Waals surface area (Å²) in [7, 11) is 0. The summed E-state index contributed by atoms with van der Waals surface area (Å²) >= 11 is 9.21. The fraction of sp³-hybridized carbons (Fsp3) is 0.0625. The maximum Gasteiger partial charge on any atom is 0.261 e. The number of hydrogen-bond donors (Lipinski definition) is 1. The van der Waals surface area contributed by atoms with Crippen LogP contribution in [-0.4, -0.2) is 15.5 Å². The third-order valence-corrected chi connectivity index (χ3v) is 3.99. The van der Waals surface area contributed by atoms with Crippen molar-refractivity contribution < 1.29 is 4.79 Å². The minimum atomic E-state index is -0.301. The van der Waals surface area contributed by atoms with Gasteiger partial charge in [-0.25, -0.2) is 4.98 Å². The average molecular weight is 393 g/mol. The van der Waals surface area contributed by atoms with Gasteiger partial charge < -0.3 is 5.32 Å². The van der Waals surface area contributed by atoms with E-state index in [9.17, 15) is 9.59 Å². The lowest BCUT2D eigenvalue weighted by atomic mass is 10.2. The van der Waals surface area contributed by atoms with Gasteiger partial charge in [0.1, 0.15) is 6.54 Å². The van der Waals surface area contributed by atoms with E-state index in [2.05, 4.69) is 26.2 Å². The van der Waals surface area contributed by atoms with Crippen molar-refractivity contribution in [3.63, 3.8) is 0 Å². The molecule has 3 rings (SSSR count). The molecule has 0 saturated carbocycles. The Kier molecular flexibility index (Phi) is 4.45. The van der Waals surface area contributed by atoms with Gasteiger partial charge in [0.05, 0.1) is 17.2 Å². The summed E-state index contributed by atoms with van der Waals surface area (Å²) in [5.41, 5.74) is 0.886. The molecule has 1 amide bonds. The highest BCUT2D eigenvalue weighted by Crippen LogP contribution is 2.15. The van der Waals surface area contributed by atoms with Crippen LogP contribution < -0.4 is 10.9 Å². The molecule has 1 aromatic heterocycles. The van der Waals surface area contributed by atoms with Crippen LogP contribution >= 0.6 is 27.5 Å². The second-order valence-corrected chi connectivity index (χ2v) is 6.25. The number of benzene rings is 2. The normalized spacial score (nSPS) is 10.7. The molecule has 7 heteroatoms. The van der Waals surface area contributed by atoms with E-state index in [0.29, 0.717) is 21.6 Å². The average Bonchev–Trinajstić information content (AvgIpc) is 2.52. The molecule has 0 aliphatic carbocycles. The van der Waals surface area contributed by atoms with E-state index in [0.717, 1.165) is 4.47 Å². The zero-order chi connectivity index (χ0) is 16.4. The third kappa shape index (κ3) is 3.60. The van der Waals surface area contributed by atoms with Crippen LogP contribution in [0.5, 0.6) is 0 Å². The van der Waals surface area contributed by atoms with Gasteiger partial charge in [-0.15, -0.1) is 0 Å². The number of amides is 1. The van der Waals surface area contributed by atoms with Gasteiger partial charge in [0.15, 0.2) is 0 Å². The summed E-state index contributed by atoms with van der Waals surface area (Å²) in [6, 6.07) is 12.0. The van der Waals surface area contributed by atoms with E-state index in [1.54, 1.807) is 30.3 Å². The molecular weight excluding hydrogens is 382 g/mol. The van der Waals surface area contributed by atoms with Gasteiger partial charge in [0.2, 0.25) is 5.91 Å². The monoisotopic (exact) mass is 391 g/mol. The van der Waals surface area contributed by atoms with Gasteiger partial charge in [0, 0.05) is 15.2 Å². The van der Waals surface area contributed by atoms with Gasteiger partial charge in [-0.3, -0.25) is 14.2 Å². The molecule has 23 heavy (non-hydrogen) atoms. The zero-order valence-corrected chi connectivity index (χ0v) is 14.1. The standard InChI is InChI=1S/C16H11BrClN3O2/c17-10-1-4-12(5-2-10)20-15(22)8-21-9-19-14-7-11(18)3-6-13(14)16(21)23/h1-7,9H,8H2,(H,20,22). The molecule has 116 valence electrons. The van der Waals surface area contributed by atoms with Crippen molar-refractivity contribution in [2.45, 2.75) is 6.54 Å². The second-order valence-electron chi connectivity index (χ2n) is 4.89. The summed E-state index contributed by atoms with van der Waals surface area (Å²) < 4.78 is 2.19. The largest absolute Gasteiger partial charge is 0.325 e. The fourth-order valence-corrected chi connectivity index (χ4v) is 2.56. The van der Waals surface area contributed by atoms with E-state index >= 15 is 0 Å². The van der Waals surface area contributed by atoms with Gasteiger partial charge >= 0.3 is 0 Å². The van der Waals surface area contributed by atoms with E-state index in [4.69, 9.17) is 11.6 Å². The zero-order valence-electron chi connectivity index (χ0n) is 11.8.